The minimum Gasteiger partial charge on any atom is -0.494 e. The van der Waals surface area contributed by atoms with Crippen LogP contribution in [-0.4, -0.2) is 122 Å². The third-order valence-electron chi connectivity index (χ3n) is 13.4. The second kappa shape index (κ2) is 22.7. The zero-order chi connectivity index (χ0) is 47.6. The Morgan fingerprint density at radius 2 is 1.62 bits per heavy atom. The van der Waals surface area contributed by atoms with Gasteiger partial charge in [-0.1, -0.05) is 60.9 Å². The number of halogens is 1. The third-order valence-corrected chi connectivity index (χ3v) is 15.7. The number of imide groups is 1. The topological polar surface area (TPSA) is 171 Å². The molecule has 0 radical (unpaired) electrons. The van der Waals surface area contributed by atoms with Crippen molar-refractivity contribution >= 4 is 71.1 Å². The average Bonchev–Trinajstić information content (AvgIpc) is 3.70. The summed E-state index contributed by atoms with van der Waals surface area (Å²) in [6.45, 7) is 7.91. The van der Waals surface area contributed by atoms with Gasteiger partial charge in [0.1, 0.15) is 16.8 Å². The Kier molecular flexibility index (Phi) is 16.3. The first-order valence-corrected chi connectivity index (χ1v) is 25.5. The van der Waals surface area contributed by atoms with Gasteiger partial charge in [0.25, 0.3) is 5.91 Å². The monoisotopic (exact) mass is 965 g/mol. The number of piperidine rings is 2. The number of unbranched alkanes of at least 4 members (excludes halogenated alkanes) is 5. The van der Waals surface area contributed by atoms with Crippen molar-refractivity contribution in [3.63, 3.8) is 0 Å². The Morgan fingerprint density at radius 1 is 0.853 bits per heavy atom. The van der Waals surface area contributed by atoms with Crippen LogP contribution in [-0.2, 0) is 29.7 Å². The highest BCUT2D eigenvalue weighted by atomic mass is 35.5. The van der Waals surface area contributed by atoms with Crippen LogP contribution in [0.2, 0.25) is 5.02 Å². The summed E-state index contributed by atoms with van der Waals surface area (Å²) in [6.07, 6.45) is 11.0. The van der Waals surface area contributed by atoms with Crippen molar-refractivity contribution in [2.45, 2.75) is 82.8 Å². The Hall–Kier alpha value is -5.53. The predicted molar refractivity (Wildman–Crippen MR) is 265 cm³/mol. The van der Waals surface area contributed by atoms with Gasteiger partial charge in [-0.3, -0.25) is 29.2 Å². The van der Waals surface area contributed by atoms with Crippen LogP contribution in [0.1, 0.15) is 85.7 Å². The minimum atomic E-state index is -3.56. The zero-order valence-electron chi connectivity index (χ0n) is 39.1. The number of amides is 3. The fourth-order valence-electron chi connectivity index (χ4n) is 9.61. The maximum absolute atomic E-state index is 13.2. The number of nitrogens with zero attached hydrogens (tertiary/aromatic N) is 6. The number of para-hydroxylation sites is 1. The van der Waals surface area contributed by atoms with E-state index in [1.807, 2.05) is 18.2 Å². The molecule has 4 aliphatic heterocycles. The van der Waals surface area contributed by atoms with E-state index in [4.69, 9.17) is 25.4 Å². The average molecular weight is 967 g/mol. The quantitative estimate of drug-likeness (QED) is 0.0388. The van der Waals surface area contributed by atoms with E-state index in [2.05, 4.69) is 64.6 Å². The van der Waals surface area contributed by atoms with Gasteiger partial charge < -0.3 is 39.1 Å². The molecule has 1 atom stereocenters. The molecule has 3 amide bonds. The number of ether oxygens (including phenoxy) is 1. The number of rotatable bonds is 18. The van der Waals surface area contributed by atoms with Crippen LogP contribution < -0.4 is 30.9 Å². The molecule has 0 bridgehead atoms. The number of fused-ring (bicyclic) bond motifs is 1. The number of carbonyl (C=O) groups excluding carboxylic acids is 3. The highest BCUT2D eigenvalue weighted by Crippen LogP contribution is 2.47. The molecular weight excluding hydrogens is 905 g/mol. The molecule has 4 aliphatic rings. The van der Waals surface area contributed by atoms with E-state index in [0.717, 1.165) is 94.7 Å². The molecular formula is C50H61ClN9O7P. The van der Waals surface area contributed by atoms with Gasteiger partial charge >= 0.3 is 7.60 Å². The maximum Gasteiger partial charge on any atom is 0.362 e. The van der Waals surface area contributed by atoms with E-state index in [1.165, 1.54) is 39.7 Å². The van der Waals surface area contributed by atoms with E-state index < -0.39 is 19.5 Å². The number of anilines is 5. The second-order valence-electron chi connectivity index (χ2n) is 17.6. The van der Waals surface area contributed by atoms with Crippen molar-refractivity contribution < 1.29 is 32.7 Å². The molecule has 0 spiro atoms. The first-order chi connectivity index (χ1) is 33.1. The third kappa shape index (κ3) is 11.5. The van der Waals surface area contributed by atoms with Crippen molar-refractivity contribution in [3.8, 4) is 17.6 Å². The zero-order valence-corrected chi connectivity index (χ0v) is 40.8. The SMILES string of the molecule is COc1cc(N2CCC(N3CCN(CCCCCCCC#Cc4cccc5c4CN(C4CCC(=O)NC4=O)C5=O)CC3)CC2)ccc1Nc1ncc(Cl)c(Nc2ccccc2P(=O)(OC)OC)n1. The van der Waals surface area contributed by atoms with Crippen LogP contribution in [0.4, 0.5) is 28.8 Å². The van der Waals surface area contributed by atoms with Gasteiger partial charge in [-0.2, -0.15) is 4.98 Å². The lowest BCUT2D eigenvalue weighted by molar-refractivity contribution is -0.136. The van der Waals surface area contributed by atoms with Gasteiger partial charge in [0, 0.05) is 102 Å². The van der Waals surface area contributed by atoms with Gasteiger partial charge in [-0.25, -0.2) is 4.98 Å². The van der Waals surface area contributed by atoms with Gasteiger partial charge in [-0.05, 0) is 80.6 Å². The van der Waals surface area contributed by atoms with Crippen molar-refractivity contribution in [3.05, 3.63) is 88.6 Å². The fourth-order valence-corrected chi connectivity index (χ4v) is 11.0. The molecule has 3 saturated heterocycles. The van der Waals surface area contributed by atoms with Crippen LogP contribution in [0.15, 0.2) is 66.9 Å². The Balaban J connectivity index is 0.724. The normalized spacial score (nSPS) is 18.2. The summed E-state index contributed by atoms with van der Waals surface area (Å²) in [5.74, 6) is 7.05. The van der Waals surface area contributed by atoms with Crippen LogP contribution >= 0.6 is 19.2 Å². The summed E-state index contributed by atoms with van der Waals surface area (Å²) in [5, 5.41) is 9.43. The predicted octanol–water partition coefficient (Wildman–Crippen LogP) is 7.48. The van der Waals surface area contributed by atoms with Gasteiger partial charge in [0.2, 0.25) is 17.8 Å². The molecule has 3 aromatic carbocycles. The Bertz CT molecular complexity index is 2570. The molecule has 0 aliphatic carbocycles. The number of hydrogen-bond donors (Lipinski definition) is 3. The highest BCUT2D eigenvalue weighted by molar-refractivity contribution is 7.62. The number of aromatic nitrogens is 2. The van der Waals surface area contributed by atoms with Crippen LogP contribution in [0, 0.1) is 11.8 Å². The van der Waals surface area contributed by atoms with Gasteiger partial charge in [0.15, 0.2) is 5.82 Å². The number of piperazine rings is 1. The maximum atomic E-state index is 13.2. The molecule has 8 rings (SSSR count). The minimum absolute atomic E-state index is 0.168. The molecule has 68 heavy (non-hydrogen) atoms. The fraction of sp³-hybridized carbons (Fsp3) is 0.460. The van der Waals surface area contributed by atoms with Crippen LogP contribution in [0.5, 0.6) is 5.75 Å². The number of carbonyl (C=O) groups is 3. The van der Waals surface area contributed by atoms with Crippen molar-refractivity contribution in [2.75, 3.05) is 82.7 Å². The van der Waals surface area contributed by atoms with E-state index in [0.29, 0.717) is 58.8 Å². The van der Waals surface area contributed by atoms with Crippen LogP contribution in [0.25, 0.3) is 0 Å². The molecule has 5 heterocycles. The first-order valence-electron chi connectivity index (χ1n) is 23.6. The number of hydrogen-bond acceptors (Lipinski definition) is 14. The van der Waals surface area contributed by atoms with Crippen molar-refractivity contribution in [1.82, 2.24) is 30.0 Å². The number of methoxy groups -OCH3 is 1. The number of benzene rings is 3. The molecule has 4 aromatic rings. The molecule has 360 valence electrons. The van der Waals surface area contributed by atoms with Crippen LogP contribution in [0.3, 0.4) is 0 Å². The van der Waals surface area contributed by atoms with Crippen molar-refractivity contribution in [1.29, 1.82) is 0 Å². The molecule has 1 unspecified atom stereocenters. The lowest BCUT2D eigenvalue weighted by atomic mass is 10.0. The summed E-state index contributed by atoms with van der Waals surface area (Å²) in [7, 11) is 0.774. The Labute approximate surface area is 404 Å². The summed E-state index contributed by atoms with van der Waals surface area (Å²) < 4.78 is 29.5. The lowest BCUT2D eigenvalue weighted by Crippen LogP contribution is -2.53. The number of nitrogens with one attached hydrogen (secondary N) is 3. The van der Waals surface area contributed by atoms with E-state index in [-0.39, 0.29) is 23.3 Å². The largest absolute Gasteiger partial charge is 0.494 e. The molecule has 3 fully saturated rings. The molecule has 0 saturated carbocycles. The molecule has 1 aromatic heterocycles. The smallest absolute Gasteiger partial charge is 0.362 e. The standard InChI is InChI=1S/C50H61ClN9O7P/c1-65-44-32-37(19-20-41(44)54-50-52-33-40(51)47(56-50)53-42-17-10-11-18-45(42)68(64,66-2)67-3)58-26-23-36(24-27-58)59-30-28-57(29-31-59)25-12-8-6-4-5-7-9-14-35-15-13-16-38-39(35)34-60(49(38)63)43-21-22-46(61)55-48(43)62/h10-11,13,15-20,32-33,36,43H,4-8,12,21-31,34H2,1-3H3,(H,55,61,62)(H2,52,53,54,56). The summed E-state index contributed by atoms with van der Waals surface area (Å²) >= 11 is 6.50. The van der Waals surface area contributed by atoms with E-state index in [9.17, 15) is 18.9 Å². The van der Waals surface area contributed by atoms with E-state index >= 15 is 0 Å². The molecule has 16 nitrogen and oxygen atoms in total. The Morgan fingerprint density at radius 3 is 2.38 bits per heavy atom. The van der Waals surface area contributed by atoms with Crippen molar-refractivity contribution in [2.24, 2.45) is 0 Å². The first kappa shape index (κ1) is 48.9. The summed E-state index contributed by atoms with van der Waals surface area (Å²) in [5.41, 5.74) is 4.62. The molecule has 18 heteroatoms. The summed E-state index contributed by atoms with van der Waals surface area (Å²) in [4.78, 5) is 55.5. The van der Waals surface area contributed by atoms with E-state index in [1.54, 1.807) is 42.3 Å². The second-order valence-corrected chi connectivity index (χ2v) is 20.2. The van der Waals surface area contributed by atoms with Gasteiger partial charge in [0.05, 0.1) is 30.0 Å². The highest BCUT2D eigenvalue weighted by Gasteiger charge is 2.40. The van der Waals surface area contributed by atoms with Gasteiger partial charge in [-0.15, -0.1) is 0 Å². The summed E-state index contributed by atoms with van der Waals surface area (Å²) in [6, 6.07) is 18.7. The molecule has 3 N–H and O–H groups in total. The lowest BCUT2D eigenvalue weighted by Gasteiger charge is -2.43.